The summed E-state index contributed by atoms with van der Waals surface area (Å²) in [5, 5.41) is 3.04. The Morgan fingerprint density at radius 1 is 1.20 bits per heavy atom. The lowest BCUT2D eigenvalue weighted by Crippen LogP contribution is -2.16. The summed E-state index contributed by atoms with van der Waals surface area (Å²) >= 11 is 6.55. The standard InChI is InChI=1S/C9H9ClF3NS/c10-7-5-1-3-14-4-2-6(5)15-8(7)9(11,12)13/h14H,1-4H2. The zero-order chi connectivity index (χ0) is 11.1. The van der Waals surface area contributed by atoms with Crippen LogP contribution >= 0.6 is 22.9 Å². The molecule has 15 heavy (non-hydrogen) atoms. The monoisotopic (exact) mass is 255 g/mol. The van der Waals surface area contributed by atoms with Crippen molar-refractivity contribution in [3.05, 3.63) is 20.3 Å². The predicted octanol–water partition coefficient (Wildman–Crippen LogP) is 3.11. The summed E-state index contributed by atoms with van der Waals surface area (Å²) in [5.74, 6) is 0. The first kappa shape index (κ1) is 11.2. The topological polar surface area (TPSA) is 12.0 Å². The first-order valence-corrected chi connectivity index (χ1v) is 5.77. The van der Waals surface area contributed by atoms with Crippen LogP contribution in [0.5, 0.6) is 0 Å². The molecule has 0 saturated heterocycles. The van der Waals surface area contributed by atoms with Crippen LogP contribution in [0.25, 0.3) is 0 Å². The summed E-state index contributed by atoms with van der Waals surface area (Å²) in [5.41, 5.74) is 0.680. The summed E-state index contributed by atoms with van der Waals surface area (Å²) in [7, 11) is 0. The van der Waals surface area contributed by atoms with Gasteiger partial charge < -0.3 is 5.32 Å². The molecule has 0 saturated carbocycles. The third-order valence-electron chi connectivity index (χ3n) is 2.36. The number of nitrogens with one attached hydrogen (secondary N) is 1. The van der Waals surface area contributed by atoms with Gasteiger partial charge in [0.15, 0.2) is 0 Å². The Hall–Kier alpha value is -0.260. The second-order valence-electron chi connectivity index (χ2n) is 3.39. The summed E-state index contributed by atoms with van der Waals surface area (Å²) in [6, 6.07) is 0. The Balaban J connectivity index is 2.45. The van der Waals surface area contributed by atoms with Gasteiger partial charge in [-0.25, -0.2) is 0 Å². The van der Waals surface area contributed by atoms with Crippen molar-refractivity contribution in [2.45, 2.75) is 19.0 Å². The fourth-order valence-corrected chi connectivity index (χ4v) is 3.26. The van der Waals surface area contributed by atoms with Crippen molar-refractivity contribution >= 4 is 22.9 Å². The molecule has 1 aliphatic heterocycles. The maximum Gasteiger partial charge on any atom is 0.427 e. The van der Waals surface area contributed by atoms with Gasteiger partial charge in [-0.3, -0.25) is 0 Å². The van der Waals surface area contributed by atoms with Gasteiger partial charge in [-0.2, -0.15) is 13.2 Å². The van der Waals surface area contributed by atoms with Crippen molar-refractivity contribution in [1.29, 1.82) is 0 Å². The fourth-order valence-electron chi connectivity index (χ4n) is 1.66. The minimum atomic E-state index is -4.32. The van der Waals surface area contributed by atoms with Crippen LogP contribution in [0, 0.1) is 0 Å². The van der Waals surface area contributed by atoms with Crippen molar-refractivity contribution in [3.8, 4) is 0 Å². The number of thiophene rings is 1. The highest BCUT2D eigenvalue weighted by Crippen LogP contribution is 2.44. The largest absolute Gasteiger partial charge is 0.427 e. The quantitative estimate of drug-likeness (QED) is 0.751. The van der Waals surface area contributed by atoms with Crippen LogP contribution in [0.1, 0.15) is 15.3 Å². The molecule has 6 heteroatoms. The van der Waals surface area contributed by atoms with Gasteiger partial charge in [0.2, 0.25) is 0 Å². The molecule has 0 radical (unpaired) electrons. The molecule has 1 aromatic rings. The normalized spacial score (nSPS) is 17.3. The highest BCUT2D eigenvalue weighted by atomic mass is 35.5. The van der Waals surface area contributed by atoms with Crippen LogP contribution in [-0.4, -0.2) is 13.1 Å². The highest BCUT2D eigenvalue weighted by molar-refractivity contribution is 7.13. The average Bonchev–Trinajstić information content (AvgIpc) is 2.36. The molecule has 0 aromatic carbocycles. The Kier molecular flexibility index (Phi) is 2.96. The number of halogens is 4. The second kappa shape index (κ2) is 3.96. The fraction of sp³-hybridized carbons (Fsp3) is 0.556. The molecule has 1 aliphatic rings. The summed E-state index contributed by atoms with van der Waals surface area (Å²) in [4.78, 5) is 0.133. The predicted molar refractivity (Wildman–Crippen MR) is 54.6 cm³/mol. The molecule has 0 spiro atoms. The number of hydrogen-bond donors (Lipinski definition) is 1. The molecule has 0 unspecified atom stereocenters. The van der Waals surface area contributed by atoms with Crippen molar-refractivity contribution < 1.29 is 13.2 Å². The summed E-state index contributed by atoms with van der Waals surface area (Å²) in [6.07, 6.45) is -3.10. The zero-order valence-electron chi connectivity index (χ0n) is 7.75. The van der Waals surface area contributed by atoms with E-state index in [0.29, 0.717) is 24.9 Å². The van der Waals surface area contributed by atoms with Crippen molar-refractivity contribution in [1.82, 2.24) is 5.32 Å². The van der Waals surface area contributed by atoms with Crippen LogP contribution in [0.4, 0.5) is 13.2 Å². The Morgan fingerprint density at radius 2 is 1.87 bits per heavy atom. The molecule has 0 amide bonds. The Labute approximate surface area is 94.2 Å². The molecule has 84 valence electrons. The van der Waals surface area contributed by atoms with Crippen molar-refractivity contribution in [2.75, 3.05) is 13.1 Å². The smallest absolute Gasteiger partial charge is 0.316 e. The van der Waals surface area contributed by atoms with Crippen molar-refractivity contribution in [3.63, 3.8) is 0 Å². The SMILES string of the molecule is FC(F)(F)c1sc2c(c1Cl)CCNCC2. The third kappa shape index (κ3) is 2.14. The first-order chi connectivity index (χ1) is 7.00. The van der Waals surface area contributed by atoms with E-state index in [2.05, 4.69) is 5.32 Å². The van der Waals surface area contributed by atoms with E-state index in [4.69, 9.17) is 11.6 Å². The number of rotatable bonds is 0. The van der Waals surface area contributed by atoms with Gasteiger partial charge >= 0.3 is 6.18 Å². The third-order valence-corrected chi connectivity index (χ3v) is 4.23. The minimum absolute atomic E-state index is 0.0915. The van der Waals surface area contributed by atoms with E-state index in [0.717, 1.165) is 22.8 Å². The molecule has 0 bridgehead atoms. The molecule has 2 heterocycles. The first-order valence-electron chi connectivity index (χ1n) is 4.58. The molecule has 0 atom stereocenters. The van der Waals surface area contributed by atoms with E-state index >= 15 is 0 Å². The minimum Gasteiger partial charge on any atom is -0.316 e. The zero-order valence-corrected chi connectivity index (χ0v) is 9.32. The van der Waals surface area contributed by atoms with E-state index in [1.165, 1.54) is 0 Å². The molecular weight excluding hydrogens is 247 g/mol. The molecule has 1 aromatic heterocycles. The van der Waals surface area contributed by atoms with Crippen LogP contribution in [-0.2, 0) is 19.0 Å². The molecule has 1 N–H and O–H groups in total. The van der Waals surface area contributed by atoms with E-state index in [9.17, 15) is 13.2 Å². The van der Waals surface area contributed by atoms with Gasteiger partial charge in [-0.05, 0) is 31.5 Å². The summed E-state index contributed by atoms with van der Waals surface area (Å²) < 4.78 is 37.6. The Morgan fingerprint density at radius 3 is 2.53 bits per heavy atom. The van der Waals surface area contributed by atoms with Gasteiger partial charge in [0.25, 0.3) is 0 Å². The molecule has 0 fully saturated rings. The van der Waals surface area contributed by atoms with Gasteiger partial charge in [-0.1, -0.05) is 11.6 Å². The lowest BCUT2D eigenvalue weighted by Gasteiger charge is -2.04. The van der Waals surface area contributed by atoms with Crippen LogP contribution in [0.2, 0.25) is 5.02 Å². The average molecular weight is 256 g/mol. The van der Waals surface area contributed by atoms with Gasteiger partial charge in [-0.15, -0.1) is 11.3 Å². The second-order valence-corrected chi connectivity index (χ2v) is 4.88. The number of hydrogen-bond acceptors (Lipinski definition) is 2. The Bertz CT molecular complexity index is 372. The van der Waals surface area contributed by atoms with Gasteiger partial charge in [0.1, 0.15) is 4.88 Å². The molecule has 2 rings (SSSR count). The van der Waals surface area contributed by atoms with Gasteiger partial charge in [0, 0.05) is 4.88 Å². The highest BCUT2D eigenvalue weighted by Gasteiger charge is 2.37. The van der Waals surface area contributed by atoms with Crippen LogP contribution < -0.4 is 5.32 Å². The molecule has 0 aliphatic carbocycles. The van der Waals surface area contributed by atoms with Gasteiger partial charge in [0.05, 0.1) is 5.02 Å². The lowest BCUT2D eigenvalue weighted by atomic mass is 10.1. The van der Waals surface area contributed by atoms with Crippen LogP contribution in [0.15, 0.2) is 0 Å². The lowest BCUT2D eigenvalue weighted by molar-refractivity contribution is -0.134. The molecule has 1 nitrogen and oxygen atoms in total. The summed E-state index contributed by atoms with van der Waals surface area (Å²) in [6.45, 7) is 1.42. The number of alkyl halides is 3. The van der Waals surface area contributed by atoms with E-state index in [-0.39, 0.29) is 5.02 Å². The van der Waals surface area contributed by atoms with Crippen molar-refractivity contribution in [2.24, 2.45) is 0 Å². The maximum atomic E-state index is 12.5. The maximum absolute atomic E-state index is 12.5. The van der Waals surface area contributed by atoms with Crippen LogP contribution in [0.3, 0.4) is 0 Å². The molecular formula is C9H9ClF3NS. The number of fused-ring (bicyclic) bond motifs is 1. The van der Waals surface area contributed by atoms with E-state index in [1.54, 1.807) is 0 Å². The van der Waals surface area contributed by atoms with E-state index in [1.807, 2.05) is 0 Å². The van der Waals surface area contributed by atoms with E-state index < -0.39 is 11.1 Å².